The molecule has 0 spiro atoms. The lowest BCUT2D eigenvalue weighted by molar-refractivity contribution is -0.115. The van der Waals surface area contributed by atoms with Crippen molar-refractivity contribution in [2.24, 2.45) is 5.73 Å². The number of allylic oxidation sites excluding steroid dienone is 3. The van der Waals surface area contributed by atoms with Gasteiger partial charge in [-0.05, 0) is 118 Å². The Labute approximate surface area is 454 Å². The smallest absolute Gasteiger partial charge is 0.339 e. The van der Waals surface area contributed by atoms with Gasteiger partial charge < -0.3 is 60.0 Å². The molecule has 4 fully saturated rings. The van der Waals surface area contributed by atoms with E-state index in [1.807, 2.05) is 46.8 Å². The molecular formula is C53H83Cl2N9O7S2. The molecule has 73 heavy (non-hydrogen) atoms. The average molecular weight is 1090 g/mol. The molecule has 1 amide bonds. The maximum atomic E-state index is 13.7. The van der Waals surface area contributed by atoms with E-state index in [9.17, 15) is 24.3 Å². The molecule has 0 unspecified atom stereocenters. The number of nitrogens with two attached hydrogens (primary N) is 1. The van der Waals surface area contributed by atoms with Crippen LogP contribution in [0.25, 0.3) is 0 Å². The third-order valence-corrected chi connectivity index (χ3v) is 17.3. The molecule has 0 atom stereocenters. The average Bonchev–Trinajstić information content (AvgIpc) is 3.86. The number of carboxylic acid groups (broad SMARTS) is 1. The van der Waals surface area contributed by atoms with Crippen LogP contribution in [0, 0.1) is 27.7 Å². The number of H-pyrrole nitrogens is 1. The fourth-order valence-electron chi connectivity index (χ4n) is 10.4. The summed E-state index contributed by atoms with van der Waals surface area (Å²) >= 11 is 3.40. The number of Topliss-reactive ketones (excluding diaryl/α,β-unsaturated/α-hetero) is 1. The molecule has 0 bridgehead atoms. The maximum Gasteiger partial charge on any atom is 0.339 e. The van der Waals surface area contributed by atoms with Gasteiger partial charge in [-0.1, -0.05) is 34.3 Å². The lowest BCUT2D eigenvalue weighted by atomic mass is 9.93. The number of hydrogen-bond donors (Lipinski definition) is 4. The molecule has 16 nitrogen and oxygen atoms in total. The number of aromatic carboxylic acids is 1. The van der Waals surface area contributed by atoms with Gasteiger partial charge in [0, 0.05) is 146 Å². The molecule has 3 aromatic heterocycles. The van der Waals surface area contributed by atoms with E-state index < -0.39 is 5.97 Å². The zero-order valence-electron chi connectivity index (χ0n) is 44.9. The first-order valence-electron chi connectivity index (χ1n) is 25.6. The number of hydrogen-bond acceptors (Lipinski definition) is 15. The number of likely N-dealkylation sites (N-methyl/N-ethyl adjacent to an activating group) is 2. The fraction of sp³-hybridized carbons (Fsp3) is 0.623. The van der Waals surface area contributed by atoms with Crippen molar-refractivity contribution in [2.45, 2.75) is 106 Å². The van der Waals surface area contributed by atoms with Crippen LogP contribution < -0.4 is 36.2 Å². The van der Waals surface area contributed by atoms with Crippen molar-refractivity contribution in [1.29, 1.82) is 0 Å². The number of halogens is 2. The number of thiophene rings is 2. The van der Waals surface area contributed by atoms with Crippen LogP contribution in [-0.2, 0) is 20.8 Å². The summed E-state index contributed by atoms with van der Waals surface area (Å²) in [6.45, 7) is 29.1. The van der Waals surface area contributed by atoms with Gasteiger partial charge in [-0.3, -0.25) is 14.4 Å². The Morgan fingerprint density at radius 2 is 1.21 bits per heavy atom. The van der Waals surface area contributed by atoms with Gasteiger partial charge in [0.15, 0.2) is 5.78 Å². The normalized spacial score (nSPS) is 18.1. The molecule has 0 aromatic carbocycles. The zero-order valence-corrected chi connectivity index (χ0v) is 48.2. The fourth-order valence-corrected chi connectivity index (χ4v) is 13.3. The maximum absolute atomic E-state index is 13.7. The highest BCUT2D eigenvalue weighted by Crippen LogP contribution is 2.45. The second kappa shape index (κ2) is 28.8. The number of amides is 1. The van der Waals surface area contributed by atoms with Gasteiger partial charge in [-0.2, -0.15) is 0 Å². The Morgan fingerprint density at radius 3 is 1.62 bits per heavy atom. The molecule has 4 saturated heterocycles. The molecule has 0 saturated carbocycles. The second-order valence-corrected chi connectivity index (χ2v) is 21.6. The first-order chi connectivity index (χ1) is 34.0. The predicted molar refractivity (Wildman–Crippen MR) is 306 cm³/mol. The van der Waals surface area contributed by atoms with E-state index in [-0.39, 0.29) is 48.6 Å². The van der Waals surface area contributed by atoms with Gasteiger partial charge in [-0.15, -0.1) is 24.8 Å². The minimum absolute atomic E-state index is 0. The van der Waals surface area contributed by atoms with E-state index in [2.05, 4.69) is 74.6 Å². The quantitative estimate of drug-likeness (QED) is 0.132. The van der Waals surface area contributed by atoms with Crippen molar-refractivity contribution < 1.29 is 29.0 Å². The minimum Gasteiger partial charge on any atom is -0.478 e. The van der Waals surface area contributed by atoms with Gasteiger partial charge in [0.25, 0.3) is 11.5 Å². The van der Waals surface area contributed by atoms with Crippen LogP contribution in [0.3, 0.4) is 0 Å². The van der Waals surface area contributed by atoms with Gasteiger partial charge in [0.2, 0.25) is 0 Å². The van der Waals surface area contributed by atoms with Gasteiger partial charge in [-0.25, -0.2) is 4.79 Å². The Bertz CT molecular complexity index is 2450. The lowest BCUT2D eigenvalue weighted by Gasteiger charge is -2.35. The van der Waals surface area contributed by atoms with Crippen LogP contribution in [0.2, 0.25) is 0 Å². The van der Waals surface area contributed by atoms with Crippen LogP contribution in [0.1, 0.15) is 108 Å². The first-order valence-corrected chi connectivity index (χ1v) is 27.2. The number of ether oxygens (including phenoxy) is 2. The first kappa shape index (κ1) is 61.6. The van der Waals surface area contributed by atoms with Crippen molar-refractivity contribution in [3.05, 3.63) is 78.3 Å². The Kier molecular flexibility index (Phi) is 24.3. The molecule has 8 rings (SSSR count). The van der Waals surface area contributed by atoms with Gasteiger partial charge in [0.1, 0.15) is 10.0 Å². The monoisotopic (exact) mass is 1090 g/mol. The van der Waals surface area contributed by atoms with Crippen molar-refractivity contribution in [1.82, 2.24) is 20.1 Å². The largest absolute Gasteiger partial charge is 0.478 e. The molecule has 3 aromatic rings. The highest BCUT2D eigenvalue weighted by molar-refractivity contribution is 7.21. The van der Waals surface area contributed by atoms with Crippen LogP contribution in [0.15, 0.2) is 33.7 Å². The van der Waals surface area contributed by atoms with Crippen molar-refractivity contribution in [3.63, 3.8) is 0 Å². The number of pyridine rings is 1. The topological polar surface area (TPSA) is 180 Å². The standard InChI is InChI=1S/C26H39N5O3S.C18H29N3O3S.C9H13NO.2ClH/c1-6-31(20-7-13-34-14-8-20)25-19(4)22(26(35-25)30-11-9-29(5)10-12-30)24(33)27-16-21-17(2)15-18(3)28-23(21)32;1-4-21(14-5-11-24-12-6-14)16-13(2)15(18(22)23)17(25-16)20-9-7-19(3)8-10-20;1-6-3-7(2)8(5-10)9(11)4-6;;/h15,20H,6-14,16H2,1-5H3,(H,27,33)(H,28,32);14H,4-12H2,1-3H3,(H,22,23);3H,4-5,10H2,1-2H3;2*1H. The zero-order chi connectivity index (χ0) is 51.5. The van der Waals surface area contributed by atoms with E-state index in [0.29, 0.717) is 36.2 Å². The second-order valence-electron chi connectivity index (χ2n) is 19.7. The Hall–Kier alpha value is -3.98. The molecular weight excluding hydrogens is 1010 g/mol. The number of carbonyl (C=O) groups is 3. The summed E-state index contributed by atoms with van der Waals surface area (Å²) in [5, 5.41) is 17.2. The molecule has 4 aliphatic heterocycles. The van der Waals surface area contributed by atoms with Crippen LogP contribution >= 0.6 is 47.5 Å². The van der Waals surface area contributed by atoms with Crippen molar-refractivity contribution in [3.8, 4) is 0 Å². The third-order valence-electron chi connectivity index (χ3n) is 14.5. The number of aromatic amines is 1. The molecule has 5 N–H and O–H groups in total. The van der Waals surface area contributed by atoms with Gasteiger partial charge in [0.05, 0.1) is 21.1 Å². The molecule has 7 heterocycles. The highest BCUT2D eigenvalue weighted by Gasteiger charge is 2.33. The number of anilines is 4. The number of aromatic nitrogens is 1. The van der Waals surface area contributed by atoms with E-state index >= 15 is 0 Å². The van der Waals surface area contributed by atoms with E-state index in [1.54, 1.807) is 22.7 Å². The number of rotatable bonds is 13. The highest BCUT2D eigenvalue weighted by atomic mass is 35.5. The van der Waals surface area contributed by atoms with Crippen LogP contribution in [-0.4, -0.2) is 162 Å². The minimum atomic E-state index is -0.808. The number of nitrogens with zero attached hydrogens (tertiary/aromatic N) is 6. The van der Waals surface area contributed by atoms with E-state index in [0.717, 1.165) is 177 Å². The number of piperazine rings is 2. The number of carbonyl (C=O) groups excluding carboxylic acids is 2. The number of ketones is 1. The molecule has 408 valence electrons. The summed E-state index contributed by atoms with van der Waals surface area (Å²) < 4.78 is 11.1. The number of aryl methyl sites for hydroxylation is 2. The summed E-state index contributed by atoms with van der Waals surface area (Å²) in [5.74, 6) is -0.733. The Balaban J connectivity index is 0.000000264. The van der Waals surface area contributed by atoms with Gasteiger partial charge >= 0.3 is 5.97 Å². The summed E-state index contributed by atoms with van der Waals surface area (Å²) in [6, 6.07) is 2.81. The molecule has 5 aliphatic rings. The predicted octanol–water partition coefficient (Wildman–Crippen LogP) is 7.58. The van der Waals surface area contributed by atoms with E-state index in [1.165, 1.54) is 5.00 Å². The molecule has 0 radical (unpaired) electrons. The third kappa shape index (κ3) is 15.3. The molecule has 20 heteroatoms. The SMILES string of the molecule is CC1=CC(C)=C(CN)C(=O)C1.CCN(c1sc(N2CCN(C)CC2)c(C(=O)NCc2c(C)cc(C)[nH]c2=O)c1C)C1CCOCC1.CCN(c1sc(N2CCN(C)CC2)c(C(=O)O)c1C)C1CCOCC1.Cl.Cl. The number of carboxylic acids is 1. The van der Waals surface area contributed by atoms with Crippen LogP contribution in [0.4, 0.5) is 20.0 Å². The lowest BCUT2D eigenvalue weighted by Crippen LogP contribution is -2.44. The summed E-state index contributed by atoms with van der Waals surface area (Å²) in [7, 11) is 4.26. The van der Waals surface area contributed by atoms with E-state index in [4.69, 9.17) is 15.2 Å². The number of nitrogens with one attached hydrogen (secondary N) is 2. The van der Waals surface area contributed by atoms with Crippen molar-refractivity contribution >= 4 is 85.2 Å². The van der Waals surface area contributed by atoms with Crippen LogP contribution in [0.5, 0.6) is 0 Å². The Morgan fingerprint density at radius 1 is 0.753 bits per heavy atom. The summed E-state index contributed by atoms with van der Waals surface area (Å²) in [4.78, 5) is 66.3. The molecule has 1 aliphatic carbocycles. The summed E-state index contributed by atoms with van der Waals surface area (Å²) in [6.07, 6.45) is 6.61. The summed E-state index contributed by atoms with van der Waals surface area (Å²) in [5.41, 5.74) is 13.8. The van der Waals surface area contributed by atoms with Crippen molar-refractivity contribution in [2.75, 3.05) is 132 Å².